The molecule has 0 bridgehead atoms. The van der Waals surface area contributed by atoms with Gasteiger partial charge in [0.05, 0.1) is 10.6 Å². The van der Waals surface area contributed by atoms with Crippen molar-refractivity contribution in [1.29, 1.82) is 0 Å². The van der Waals surface area contributed by atoms with Gasteiger partial charge in [0.1, 0.15) is 0 Å². The summed E-state index contributed by atoms with van der Waals surface area (Å²) in [5.74, 6) is 0.360. The van der Waals surface area contributed by atoms with E-state index in [1.807, 2.05) is 0 Å². The summed E-state index contributed by atoms with van der Waals surface area (Å²) in [5.41, 5.74) is 0.473. The number of nitrogens with one attached hydrogen (secondary N) is 1. The average molecular weight is 311 g/mol. The largest absolute Gasteiger partial charge is 0.352 e. The fourth-order valence-corrected chi connectivity index (χ4v) is 1.75. The fraction of sp³-hybridized carbons (Fsp3) is 0.300. The summed E-state index contributed by atoms with van der Waals surface area (Å²) in [4.78, 5) is 11.6. The highest BCUT2D eigenvalue weighted by Crippen LogP contribution is 2.25. The lowest BCUT2D eigenvalue weighted by Crippen LogP contribution is -2.24. The van der Waals surface area contributed by atoms with Gasteiger partial charge in [0.2, 0.25) is 0 Å². The van der Waals surface area contributed by atoms with Crippen LogP contribution < -0.4 is 5.32 Å². The predicted octanol–water partition coefficient (Wildman–Crippen LogP) is 3.46. The van der Waals surface area contributed by atoms with E-state index < -0.39 is 0 Å². The molecular weight excluding hydrogens is 301 g/mol. The summed E-state index contributed by atoms with van der Waals surface area (Å²) in [6.07, 6.45) is 0.749. The quantitative estimate of drug-likeness (QED) is 0.669. The first kappa shape index (κ1) is 12.8. The van der Waals surface area contributed by atoms with E-state index in [-0.39, 0.29) is 5.91 Å². The third-order valence-corrected chi connectivity index (χ3v) is 3.36. The maximum Gasteiger partial charge on any atom is 0.252 e. The topological polar surface area (TPSA) is 29.1 Å². The van der Waals surface area contributed by atoms with Crippen LogP contribution in [0.3, 0.4) is 0 Å². The third-order valence-electron chi connectivity index (χ3n) is 1.79. The van der Waals surface area contributed by atoms with Crippen LogP contribution >= 0.6 is 39.1 Å². The zero-order valence-electron chi connectivity index (χ0n) is 7.90. The van der Waals surface area contributed by atoms with Crippen molar-refractivity contribution in [3.63, 3.8) is 0 Å². The van der Waals surface area contributed by atoms with Gasteiger partial charge in [-0.15, -0.1) is 11.6 Å². The Morgan fingerprint density at radius 2 is 2.20 bits per heavy atom. The molecule has 2 nitrogen and oxygen atoms in total. The molecule has 0 spiro atoms. The van der Waals surface area contributed by atoms with Crippen molar-refractivity contribution in [3.05, 3.63) is 33.3 Å². The Balaban J connectivity index is 2.69. The van der Waals surface area contributed by atoms with Crippen molar-refractivity contribution in [2.24, 2.45) is 0 Å². The summed E-state index contributed by atoms with van der Waals surface area (Å²) in [6, 6.07) is 5.24. The van der Waals surface area contributed by atoms with Crippen molar-refractivity contribution in [1.82, 2.24) is 5.32 Å². The monoisotopic (exact) mass is 309 g/mol. The minimum Gasteiger partial charge on any atom is -0.352 e. The van der Waals surface area contributed by atoms with Crippen molar-refractivity contribution in [2.45, 2.75) is 6.42 Å². The molecule has 0 aliphatic carbocycles. The second-order valence-electron chi connectivity index (χ2n) is 2.90. The summed E-state index contributed by atoms with van der Waals surface area (Å²) in [7, 11) is 0. The minimum atomic E-state index is -0.175. The van der Waals surface area contributed by atoms with Crippen LogP contribution in [-0.4, -0.2) is 18.3 Å². The Morgan fingerprint density at radius 1 is 1.47 bits per heavy atom. The summed E-state index contributed by atoms with van der Waals surface area (Å²) in [5, 5.41) is 3.17. The molecule has 1 aromatic rings. The first-order chi connectivity index (χ1) is 7.16. The van der Waals surface area contributed by atoms with Crippen molar-refractivity contribution >= 4 is 45.0 Å². The van der Waals surface area contributed by atoms with Crippen LogP contribution in [0.15, 0.2) is 22.7 Å². The summed E-state index contributed by atoms with van der Waals surface area (Å²) in [6.45, 7) is 0.561. The van der Waals surface area contributed by atoms with E-state index in [1.165, 1.54) is 0 Å². The van der Waals surface area contributed by atoms with Gasteiger partial charge in [-0.1, -0.05) is 17.7 Å². The highest BCUT2D eigenvalue weighted by molar-refractivity contribution is 9.10. The molecule has 1 amide bonds. The van der Waals surface area contributed by atoms with Gasteiger partial charge in [-0.05, 0) is 34.5 Å². The van der Waals surface area contributed by atoms with Crippen LogP contribution in [0.25, 0.3) is 0 Å². The minimum absolute atomic E-state index is 0.175. The maximum absolute atomic E-state index is 11.6. The lowest BCUT2D eigenvalue weighted by Gasteiger charge is -2.06. The molecule has 0 saturated carbocycles. The van der Waals surface area contributed by atoms with Gasteiger partial charge in [0, 0.05) is 16.9 Å². The van der Waals surface area contributed by atoms with Gasteiger partial charge in [0.15, 0.2) is 0 Å². The maximum atomic E-state index is 11.6. The van der Waals surface area contributed by atoms with Gasteiger partial charge < -0.3 is 5.32 Å². The normalized spacial score (nSPS) is 10.1. The van der Waals surface area contributed by atoms with E-state index >= 15 is 0 Å². The number of carbonyl (C=O) groups is 1. The Bertz CT molecular complexity index is 357. The molecule has 0 aliphatic heterocycles. The van der Waals surface area contributed by atoms with Gasteiger partial charge in [-0.2, -0.15) is 0 Å². The molecular formula is C10H10BrCl2NO. The number of hydrogen-bond donors (Lipinski definition) is 1. The SMILES string of the molecule is O=C(NCCCCl)c1cccc(Br)c1Cl. The number of benzene rings is 1. The number of halogens is 3. The first-order valence-electron chi connectivity index (χ1n) is 4.45. The van der Waals surface area contributed by atoms with E-state index in [0.717, 1.165) is 6.42 Å². The summed E-state index contributed by atoms with van der Waals surface area (Å²) >= 11 is 14.7. The first-order valence-corrected chi connectivity index (χ1v) is 6.15. The molecule has 0 atom stereocenters. The van der Waals surface area contributed by atoms with Gasteiger partial charge >= 0.3 is 0 Å². The van der Waals surface area contributed by atoms with Crippen molar-refractivity contribution < 1.29 is 4.79 Å². The molecule has 5 heteroatoms. The Kier molecular flexibility index (Phi) is 5.43. The lowest BCUT2D eigenvalue weighted by molar-refractivity contribution is 0.0954. The molecule has 0 saturated heterocycles. The number of amides is 1. The van der Waals surface area contributed by atoms with Crippen LogP contribution in [0.2, 0.25) is 5.02 Å². The van der Waals surface area contributed by atoms with Crippen molar-refractivity contribution in [3.8, 4) is 0 Å². The smallest absolute Gasteiger partial charge is 0.252 e. The highest BCUT2D eigenvalue weighted by atomic mass is 79.9. The molecule has 0 fully saturated rings. The summed E-state index contributed by atoms with van der Waals surface area (Å²) < 4.78 is 0.717. The number of rotatable bonds is 4. The van der Waals surface area contributed by atoms with Crippen LogP contribution in [0.5, 0.6) is 0 Å². The zero-order valence-corrected chi connectivity index (χ0v) is 11.0. The second-order valence-corrected chi connectivity index (χ2v) is 4.51. The zero-order chi connectivity index (χ0) is 11.3. The molecule has 0 unspecified atom stereocenters. The molecule has 1 rings (SSSR count). The van der Waals surface area contributed by atoms with Crippen LogP contribution in [0.4, 0.5) is 0 Å². The van der Waals surface area contributed by atoms with E-state index in [2.05, 4.69) is 21.2 Å². The van der Waals surface area contributed by atoms with E-state index in [0.29, 0.717) is 27.5 Å². The molecule has 0 heterocycles. The molecule has 1 N–H and O–H groups in total. The number of hydrogen-bond acceptors (Lipinski definition) is 1. The molecule has 0 radical (unpaired) electrons. The third kappa shape index (κ3) is 3.67. The van der Waals surface area contributed by atoms with Crippen LogP contribution in [-0.2, 0) is 0 Å². The van der Waals surface area contributed by atoms with E-state index in [4.69, 9.17) is 23.2 Å². The molecule has 15 heavy (non-hydrogen) atoms. The fourth-order valence-electron chi connectivity index (χ4n) is 1.04. The lowest BCUT2D eigenvalue weighted by atomic mass is 10.2. The van der Waals surface area contributed by atoms with E-state index in [9.17, 15) is 4.79 Å². The van der Waals surface area contributed by atoms with Crippen LogP contribution in [0, 0.1) is 0 Å². The van der Waals surface area contributed by atoms with Gasteiger partial charge in [0.25, 0.3) is 5.91 Å². The molecule has 0 aliphatic rings. The van der Waals surface area contributed by atoms with Gasteiger partial charge in [-0.25, -0.2) is 0 Å². The number of carbonyl (C=O) groups excluding carboxylic acids is 1. The standard InChI is InChI=1S/C10H10BrCl2NO/c11-8-4-1-3-7(9(8)13)10(15)14-6-2-5-12/h1,3-4H,2,5-6H2,(H,14,15). The second kappa shape index (κ2) is 6.36. The average Bonchev–Trinajstić information content (AvgIpc) is 2.22. The van der Waals surface area contributed by atoms with E-state index in [1.54, 1.807) is 18.2 Å². The Morgan fingerprint density at radius 3 is 2.87 bits per heavy atom. The predicted molar refractivity (Wildman–Crippen MR) is 66.8 cm³/mol. The van der Waals surface area contributed by atoms with Crippen LogP contribution in [0.1, 0.15) is 16.8 Å². The molecule has 0 aromatic heterocycles. The molecule has 1 aromatic carbocycles. The highest BCUT2D eigenvalue weighted by Gasteiger charge is 2.11. The van der Waals surface area contributed by atoms with Gasteiger partial charge in [-0.3, -0.25) is 4.79 Å². The Labute approximate surface area is 107 Å². The molecule has 82 valence electrons. The van der Waals surface area contributed by atoms with Crippen molar-refractivity contribution in [2.75, 3.05) is 12.4 Å². The Hall–Kier alpha value is -0.250. The number of alkyl halides is 1.